The lowest BCUT2D eigenvalue weighted by Gasteiger charge is -2.50. The van der Waals surface area contributed by atoms with Gasteiger partial charge in [-0.25, -0.2) is 33.6 Å². The Morgan fingerprint density at radius 2 is 0.978 bits per heavy atom. The molecule has 0 saturated carbocycles. The van der Waals surface area contributed by atoms with Gasteiger partial charge in [-0.05, 0) is 56.2 Å². The van der Waals surface area contributed by atoms with Gasteiger partial charge in [0.1, 0.15) is 63.7 Å². The Morgan fingerprint density at radius 3 is 1.51 bits per heavy atom. The van der Waals surface area contributed by atoms with Crippen molar-refractivity contribution in [2.75, 3.05) is 154 Å². The molecule has 6 aliphatic rings. The first-order valence-corrected chi connectivity index (χ1v) is 32.7. The second-order valence-corrected chi connectivity index (χ2v) is 26.2. The van der Waals surface area contributed by atoms with Gasteiger partial charge in [-0.3, -0.25) is 24.2 Å². The van der Waals surface area contributed by atoms with Crippen LogP contribution in [0.5, 0.6) is 0 Å². The van der Waals surface area contributed by atoms with Crippen LogP contribution in [0.1, 0.15) is 107 Å². The number of carbonyl (C=O) groups excluding carboxylic acids is 2. The van der Waals surface area contributed by atoms with Gasteiger partial charge in [-0.15, -0.1) is 17.9 Å². The van der Waals surface area contributed by atoms with E-state index in [0.29, 0.717) is 115 Å². The normalized spacial score (nSPS) is 25.6. The average Bonchev–Trinajstić information content (AvgIpc) is 1.44. The van der Waals surface area contributed by atoms with Gasteiger partial charge in [-0.1, -0.05) is 62.8 Å². The molecule has 32 nitrogen and oxygen atoms in total. The summed E-state index contributed by atoms with van der Waals surface area (Å²) < 4.78 is -0.316. The summed E-state index contributed by atoms with van der Waals surface area (Å²) in [6.45, 7) is 6.87. The zero-order valence-electron chi connectivity index (χ0n) is 53.0. The topological polar surface area (TPSA) is 420 Å². The van der Waals surface area contributed by atoms with Crippen LogP contribution in [0.15, 0.2) is 24.3 Å². The fraction of sp³-hybridized carbons (Fsp3) is 0.689. The number of urea groups is 1. The molecule has 1 aromatic heterocycles. The molecule has 1 spiro atoms. The number of aromatic nitrogens is 3. The monoisotopic (exact) mass is 1310 g/mol. The van der Waals surface area contributed by atoms with E-state index in [1.54, 1.807) is 0 Å². The van der Waals surface area contributed by atoms with Crippen molar-refractivity contribution >= 4 is 71.6 Å². The molecule has 0 radical (unpaired) electrons. The minimum atomic E-state index is -1.50. The number of benzene rings is 1. The Bertz CT molecular complexity index is 3010. The summed E-state index contributed by atoms with van der Waals surface area (Å²) >= 11 is 0. The van der Waals surface area contributed by atoms with Crippen LogP contribution in [-0.4, -0.2) is 311 Å². The molecule has 6 aliphatic heterocycles. The number of piperazine rings is 2. The van der Waals surface area contributed by atoms with E-state index >= 15 is 0 Å². The van der Waals surface area contributed by atoms with Crippen LogP contribution in [0, 0.1) is 0 Å². The summed E-state index contributed by atoms with van der Waals surface area (Å²) in [6.07, 6.45) is 9.23. The molecule has 8 atom stereocenters. The molecule has 11 N–H and O–H groups in total. The van der Waals surface area contributed by atoms with Crippen molar-refractivity contribution in [2.45, 2.75) is 127 Å². The number of nitrogens with one attached hydrogen (secondary N) is 3. The number of rotatable bonds is 39. The van der Waals surface area contributed by atoms with Crippen LogP contribution in [0.2, 0.25) is 0 Å². The number of amides is 3. The Kier molecular flexibility index (Phi) is 23.9. The van der Waals surface area contributed by atoms with Crippen molar-refractivity contribution in [1.82, 2.24) is 40.7 Å². The van der Waals surface area contributed by atoms with Crippen molar-refractivity contribution in [3.63, 3.8) is 0 Å². The molecule has 7 heterocycles. The van der Waals surface area contributed by atoms with Gasteiger partial charge in [0.05, 0.1) is 6.54 Å². The predicted molar refractivity (Wildman–Crippen MR) is 329 cm³/mol. The fourth-order valence-corrected chi connectivity index (χ4v) is 16.5. The third kappa shape index (κ3) is 16.7. The molecule has 93 heavy (non-hydrogen) atoms. The van der Waals surface area contributed by atoms with Gasteiger partial charge in [0.2, 0.25) is 17.8 Å². The summed E-state index contributed by atoms with van der Waals surface area (Å²) in [5.41, 5.74) is 1.77. The van der Waals surface area contributed by atoms with Crippen LogP contribution in [-0.2, 0) is 56.0 Å². The number of unbranched alkanes of at least 4 members (excludes halogenated alkanes) is 8. The first kappa shape index (κ1) is 70.9. The standard InChI is InChI=1S/C61H90N14O18/c76-49(62-19-9-8-11-46(56(89)90)63-60(93)64-47(57(91)92)17-18-50(77)78)12-7-5-3-1-2-4-6-10-20-68-21-25-70(26-22-68)58-65-48(66-59(67-58)71-27-23-69(24-28-71)37-51(79)80)36-44-15-13-43(14-16-44)35-45-38-74(41-54(85)86)32-31-72(39-52(81)82)29-30-73(40-53(83)84)33-34-75(45,42-55(87)88)61(72,73)74/h13-16,45-47H,1-12,17-42H2,(H7-4,62,63,64,76,77,78,79,80,81,82,83,84,85,86,87,88,89,90,91,92,93)/p+4/t45?,46-,47-,61+,72?,73?,74+,75?/m0/s1. The molecule has 512 valence electrons. The van der Waals surface area contributed by atoms with Crippen molar-refractivity contribution in [1.29, 1.82) is 0 Å². The Morgan fingerprint density at radius 1 is 0.495 bits per heavy atom. The largest absolute Gasteiger partial charge is 0.483 e. The second kappa shape index (κ2) is 31.3. The van der Waals surface area contributed by atoms with Crippen molar-refractivity contribution in [3.8, 4) is 0 Å². The highest BCUT2D eigenvalue weighted by Crippen LogP contribution is 2.64. The Labute approximate surface area is 539 Å². The van der Waals surface area contributed by atoms with Gasteiger partial charge < -0.3 is 66.6 Å². The van der Waals surface area contributed by atoms with Crippen molar-refractivity contribution in [2.24, 2.45) is 0 Å². The van der Waals surface area contributed by atoms with Crippen molar-refractivity contribution in [3.05, 3.63) is 41.2 Å². The maximum absolute atomic E-state index is 13.2. The molecule has 2 aromatic rings. The first-order valence-electron chi connectivity index (χ1n) is 32.7. The fourth-order valence-electron chi connectivity index (χ4n) is 16.5. The van der Waals surface area contributed by atoms with Crippen LogP contribution >= 0.6 is 0 Å². The number of carbonyl (C=O) groups is 10. The maximum Gasteiger partial charge on any atom is 0.483 e. The van der Waals surface area contributed by atoms with E-state index < -0.39 is 90.8 Å². The number of anilines is 2. The summed E-state index contributed by atoms with van der Waals surface area (Å²) in [4.78, 5) is 145. The van der Waals surface area contributed by atoms with E-state index in [1.165, 1.54) is 0 Å². The minimum Gasteiger partial charge on any atom is -0.481 e. The van der Waals surface area contributed by atoms with E-state index in [0.717, 1.165) is 82.1 Å². The third-order valence-electron chi connectivity index (χ3n) is 20.2. The minimum absolute atomic E-state index is 0.0413. The Balaban J connectivity index is 0.795. The van der Waals surface area contributed by atoms with E-state index in [-0.39, 0.29) is 89.0 Å². The zero-order chi connectivity index (χ0) is 67.1. The lowest BCUT2D eigenvalue weighted by Crippen LogP contribution is -2.86. The van der Waals surface area contributed by atoms with Crippen LogP contribution in [0.25, 0.3) is 0 Å². The summed E-state index contributed by atoms with van der Waals surface area (Å²) in [7, 11) is 0. The van der Waals surface area contributed by atoms with Gasteiger partial charge >= 0.3 is 59.7 Å². The Hall–Kier alpha value is -7.91. The molecule has 32 heteroatoms. The van der Waals surface area contributed by atoms with E-state index in [1.807, 2.05) is 29.2 Å². The number of carboxylic acid groups (broad SMARTS) is 8. The molecule has 8 rings (SSSR count). The number of hydrogen-bond donors (Lipinski definition) is 11. The SMILES string of the molecule is O=C(O)CC[C@H](NC(=O)N[C@@H](CCCCNC(=O)CCCCCCCCCCN1CCN(c2nc(Cc3ccc(CC4C[N@@+]5(CC(=O)O)CC[N+]6(CC(=O)O)CC[N+]7(CC(=O)O)CC[N+]4(CC(=O)O)[C@@]765)cc3)nc(N3CCN(CC(=O)O)CC3)n2)CC1)C(=O)O)C(=O)O. The summed E-state index contributed by atoms with van der Waals surface area (Å²) in [5.74, 6) is -9.12. The molecule has 6 fully saturated rings. The van der Waals surface area contributed by atoms with Gasteiger partial charge in [0.25, 0.3) is 0 Å². The van der Waals surface area contributed by atoms with Gasteiger partial charge in [-0.2, -0.15) is 15.0 Å². The van der Waals surface area contributed by atoms with Crippen molar-refractivity contribution < 1.29 is 107 Å². The van der Waals surface area contributed by atoms with Crippen LogP contribution in [0.4, 0.5) is 16.7 Å². The van der Waals surface area contributed by atoms with Gasteiger partial charge in [0, 0.05) is 84.6 Å². The van der Waals surface area contributed by atoms with E-state index in [2.05, 4.69) is 30.7 Å². The zero-order valence-corrected chi connectivity index (χ0v) is 53.0. The summed E-state index contributed by atoms with van der Waals surface area (Å²) in [5, 5.41) is 86.4. The highest BCUT2D eigenvalue weighted by molar-refractivity contribution is 5.86. The maximum atomic E-state index is 13.2. The molecule has 1 aromatic carbocycles. The number of carboxylic acids is 8. The van der Waals surface area contributed by atoms with Gasteiger partial charge in [0.15, 0.2) is 32.2 Å². The number of aliphatic carboxylic acids is 8. The molecule has 0 bridgehead atoms. The number of quaternary nitrogens is 4. The molecule has 0 aliphatic carbocycles. The molecule has 6 saturated heterocycles. The molecular formula is C61H94N14O18+4. The lowest BCUT2D eigenvalue weighted by molar-refractivity contribution is -1.36. The van der Waals surface area contributed by atoms with E-state index in [9.17, 15) is 83.7 Å². The highest BCUT2D eigenvalue weighted by Gasteiger charge is 3.01. The first-order chi connectivity index (χ1) is 44.3. The predicted octanol–water partition coefficient (Wildman–Crippen LogP) is -0.159. The summed E-state index contributed by atoms with van der Waals surface area (Å²) in [6, 6.07) is 3.61. The number of hydrogen-bond acceptors (Lipinski definition) is 17. The molecular weight excluding hydrogens is 1220 g/mol. The number of nitrogens with zero attached hydrogens (tertiary/aromatic N) is 11. The van der Waals surface area contributed by atoms with Crippen LogP contribution in [0.3, 0.4) is 0 Å². The third-order valence-corrected chi connectivity index (χ3v) is 20.2. The second-order valence-electron chi connectivity index (χ2n) is 26.2. The highest BCUT2D eigenvalue weighted by atomic mass is 16.4. The quantitative estimate of drug-likeness (QED) is 0.0306. The smallest absolute Gasteiger partial charge is 0.481 e. The molecule has 3 amide bonds. The van der Waals surface area contributed by atoms with Crippen LogP contribution < -0.4 is 25.8 Å². The van der Waals surface area contributed by atoms with E-state index in [4.69, 9.17) is 20.1 Å². The average molecular weight is 1310 g/mol. The molecule has 4 unspecified atom stereocenters. The lowest BCUT2D eigenvalue weighted by atomic mass is 10.0.